The number of fused-ring (bicyclic) bond motifs is 1. The van der Waals surface area contributed by atoms with Crippen LogP contribution in [0.5, 0.6) is 0 Å². The normalized spacial score (nSPS) is 13.6. The summed E-state index contributed by atoms with van der Waals surface area (Å²) in [7, 11) is -4.05. The third-order valence-electron chi connectivity index (χ3n) is 4.64. The van der Waals surface area contributed by atoms with Crippen LogP contribution in [0, 0.1) is 0 Å². The number of nitrogen functional groups attached to an aromatic ring is 1. The Morgan fingerprint density at radius 3 is 2.24 bits per heavy atom. The standard InChI is InChI=1S/C21H33N6O10P/c1-13(2)36-20(28)32-10-34-38(30,35-11-33-21(29)37-14(3)4)12-31-8-7-27-9-23-16-17(24-15-5-6-15)25-19(22)26-18(16)27/h9,13-15H,5-8,10-12H2,1-4H3,(H3,22,24,25,26). The average molecular weight is 561 g/mol. The second kappa shape index (κ2) is 13.6. The minimum Gasteiger partial charge on any atom is -0.432 e. The second-order valence-corrected chi connectivity index (χ2v) is 10.7. The Morgan fingerprint density at radius 1 is 1.08 bits per heavy atom. The molecule has 16 nitrogen and oxygen atoms in total. The molecular formula is C21H33N6O10P. The van der Waals surface area contributed by atoms with Crippen LogP contribution in [0.1, 0.15) is 40.5 Å². The van der Waals surface area contributed by atoms with Crippen LogP contribution >= 0.6 is 7.60 Å². The third-order valence-corrected chi connectivity index (χ3v) is 6.14. The molecular weight excluding hydrogens is 527 g/mol. The van der Waals surface area contributed by atoms with Crippen LogP contribution < -0.4 is 11.1 Å². The number of aromatic nitrogens is 4. The zero-order chi connectivity index (χ0) is 27.7. The summed E-state index contributed by atoms with van der Waals surface area (Å²) in [4.78, 5) is 35.9. The molecule has 1 saturated carbocycles. The first-order chi connectivity index (χ1) is 18.0. The quantitative estimate of drug-likeness (QED) is 0.139. The molecule has 1 aliphatic rings. The third kappa shape index (κ3) is 9.59. The number of rotatable bonds is 15. The number of carbonyl (C=O) groups excluding carboxylic acids is 2. The van der Waals surface area contributed by atoms with Crippen molar-refractivity contribution in [1.82, 2.24) is 19.5 Å². The van der Waals surface area contributed by atoms with E-state index in [9.17, 15) is 14.2 Å². The van der Waals surface area contributed by atoms with E-state index in [0.29, 0.717) is 23.0 Å². The minimum absolute atomic E-state index is 0.0456. The fourth-order valence-electron chi connectivity index (χ4n) is 2.86. The van der Waals surface area contributed by atoms with E-state index in [1.165, 1.54) is 0 Å². The number of nitrogens with two attached hydrogens (primary N) is 1. The molecule has 212 valence electrons. The zero-order valence-electron chi connectivity index (χ0n) is 21.7. The average Bonchev–Trinajstić information content (AvgIpc) is 3.53. The lowest BCUT2D eigenvalue weighted by Gasteiger charge is -2.19. The van der Waals surface area contributed by atoms with Crippen LogP contribution in [-0.2, 0) is 43.8 Å². The highest BCUT2D eigenvalue weighted by molar-refractivity contribution is 7.53. The van der Waals surface area contributed by atoms with Gasteiger partial charge in [-0.3, -0.25) is 13.6 Å². The molecule has 0 unspecified atom stereocenters. The van der Waals surface area contributed by atoms with Gasteiger partial charge < -0.3 is 39.3 Å². The van der Waals surface area contributed by atoms with Gasteiger partial charge in [0.05, 0.1) is 25.1 Å². The van der Waals surface area contributed by atoms with E-state index in [4.69, 9.17) is 38.5 Å². The van der Waals surface area contributed by atoms with Crippen LogP contribution in [0.4, 0.5) is 21.4 Å². The Kier molecular flexibility index (Phi) is 10.5. The molecule has 3 rings (SSSR count). The van der Waals surface area contributed by atoms with Gasteiger partial charge in [0.2, 0.25) is 19.5 Å². The predicted molar refractivity (Wildman–Crippen MR) is 132 cm³/mol. The Balaban J connectivity index is 1.54. The van der Waals surface area contributed by atoms with Crippen molar-refractivity contribution in [1.29, 1.82) is 0 Å². The van der Waals surface area contributed by atoms with Crippen molar-refractivity contribution in [2.24, 2.45) is 0 Å². The summed E-state index contributed by atoms with van der Waals surface area (Å²) in [5.41, 5.74) is 6.93. The van der Waals surface area contributed by atoms with Gasteiger partial charge in [-0.25, -0.2) is 14.6 Å². The number of imidazole rings is 1. The molecule has 2 heterocycles. The van der Waals surface area contributed by atoms with Gasteiger partial charge in [0.25, 0.3) is 0 Å². The maximum atomic E-state index is 13.1. The highest BCUT2D eigenvalue weighted by Gasteiger charge is 2.28. The molecule has 0 aromatic carbocycles. The molecule has 2 aromatic rings. The lowest BCUT2D eigenvalue weighted by atomic mass is 10.4. The van der Waals surface area contributed by atoms with Crippen LogP contribution in [0.3, 0.4) is 0 Å². The van der Waals surface area contributed by atoms with Crippen molar-refractivity contribution in [3.63, 3.8) is 0 Å². The van der Waals surface area contributed by atoms with E-state index in [1.54, 1.807) is 38.6 Å². The van der Waals surface area contributed by atoms with Gasteiger partial charge in [-0.2, -0.15) is 9.97 Å². The maximum absolute atomic E-state index is 13.1. The fourth-order valence-corrected chi connectivity index (χ4v) is 3.86. The fraction of sp³-hybridized carbons (Fsp3) is 0.667. The second-order valence-electron chi connectivity index (χ2n) is 8.72. The molecule has 3 N–H and O–H groups in total. The van der Waals surface area contributed by atoms with Crippen molar-refractivity contribution in [3.8, 4) is 0 Å². The van der Waals surface area contributed by atoms with Gasteiger partial charge in [0.1, 0.15) is 6.35 Å². The van der Waals surface area contributed by atoms with Crippen LogP contribution in [0.25, 0.3) is 11.2 Å². The van der Waals surface area contributed by atoms with E-state index in [1.807, 2.05) is 0 Å². The monoisotopic (exact) mass is 560 g/mol. The van der Waals surface area contributed by atoms with E-state index < -0.39 is 52.0 Å². The Labute approximate surface area is 218 Å². The zero-order valence-corrected chi connectivity index (χ0v) is 22.5. The molecule has 0 aliphatic heterocycles. The Bertz CT molecular complexity index is 1110. The van der Waals surface area contributed by atoms with Crippen LogP contribution in [-0.4, -0.2) is 76.6 Å². The van der Waals surface area contributed by atoms with Crippen molar-refractivity contribution < 1.29 is 46.9 Å². The summed E-state index contributed by atoms with van der Waals surface area (Å²) in [6.45, 7) is 5.34. The molecule has 0 atom stereocenters. The molecule has 38 heavy (non-hydrogen) atoms. The molecule has 0 spiro atoms. The van der Waals surface area contributed by atoms with E-state index in [-0.39, 0.29) is 19.1 Å². The molecule has 2 aromatic heterocycles. The summed E-state index contributed by atoms with van der Waals surface area (Å²) >= 11 is 0. The first kappa shape index (κ1) is 29.4. The molecule has 17 heteroatoms. The number of carbonyl (C=O) groups is 2. The van der Waals surface area contributed by atoms with Gasteiger partial charge in [0.15, 0.2) is 17.0 Å². The maximum Gasteiger partial charge on any atom is 0.510 e. The summed E-state index contributed by atoms with van der Waals surface area (Å²) in [5, 5.41) is 3.28. The highest BCUT2D eigenvalue weighted by atomic mass is 31.2. The molecule has 1 fully saturated rings. The number of ether oxygens (including phenoxy) is 5. The lowest BCUT2D eigenvalue weighted by molar-refractivity contribution is -0.0344. The molecule has 0 saturated heterocycles. The van der Waals surface area contributed by atoms with Gasteiger partial charge in [-0.05, 0) is 40.5 Å². The summed E-state index contributed by atoms with van der Waals surface area (Å²) in [6.07, 6.45) is 0.243. The van der Waals surface area contributed by atoms with Crippen LogP contribution in [0.15, 0.2) is 6.33 Å². The predicted octanol–water partition coefficient (Wildman–Crippen LogP) is 3.22. The number of hydrogen-bond donors (Lipinski definition) is 2. The SMILES string of the molecule is CC(C)OC(=O)OCOP(=O)(COCCn1cnc2c(NC3CC3)nc(N)nc21)OCOC(=O)OC(C)C. The molecule has 0 bridgehead atoms. The van der Waals surface area contributed by atoms with Crippen molar-refractivity contribution in [3.05, 3.63) is 6.33 Å². The van der Waals surface area contributed by atoms with Gasteiger partial charge in [-0.1, -0.05) is 0 Å². The largest absolute Gasteiger partial charge is 0.510 e. The van der Waals surface area contributed by atoms with E-state index >= 15 is 0 Å². The Hall–Kier alpha value is -3.20. The summed E-state index contributed by atoms with van der Waals surface area (Å²) in [6, 6.07) is 0.350. The first-order valence-corrected chi connectivity index (χ1v) is 13.6. The van der Waals surface area contributed by atoms with Gasteiger partial charge >= 0.3 is 19.9 Å². The summed E-state index contributed by atoms with van der Waals surface area (Å²) in [5.74, 6) is 0.662. The number of nitrogens with zero attached hydrogens (tertiary/aromatic N) is 4. The van der Waals surface area contributed by atoms with Crippen molar-refractivity contribution in [2.45, 2.75) is 65.3 Å². The lowest BCUT2D eigenvalue weighted by Crippen LogP contribution is -2.17. The first-order valence-electron chi connectivity index (χ1n) is 11.9. The minimum atomic E-state index is -4.05. The van der Waals surface area contributed by atoms with Crippen LogP contribution in [0.2, 0.25) is 0 Å². The van der Waals surface area contributed by atoms with E-state index in [0.717, 1.165) is 12.8 Å². The molecule has 0 amide bonds. The number of nitrogens with one attached hydrogen (secondary N) is 1. The highest BCUT2D eigenvalue weighted by Crippen LogP contribution is 2.48. The van der Waals surface area contributed by atoms with Gasteiger partial charge in [0, 0.05) is 12.6 Å². The molecule has 1 aliphatic carbocycles. The van der Waals surface area contributed by atoms with Gasteiger partial charge in [-0.15, -0.1) is 0 Å². The molecule has 0 radical (unpaired) electrons. The Morgan fingerprint density at radius 2 is 1.68 bits per heavy atom. The number of hydrogen-bond acceptors (Lipinski definition) is 15. The topological polar surface area (TPSA) is 197 Å². The van der Waals surface area contributed by atoms with Crippen molar-refractivity contribution >= 4 is 42.8 Å². The smallest absolute Gasteiger partial charge is 0.432 e. The summed E-state index contributed by atoms with van der Waals surface area (Å²) < 4.78 is 49.6. The van der Waals surface area contributed by atoms with Crippen molar-refractivity contribution in [2.75, 3.05) is 37.6 Å². The number of anilines is 2. The van der Waals surface area contributed by atoms with E-state index in [2.05, 4.69) is 20.3 Å².